The molecule has 1 aliphatic rings. The summed E-state index contributed by atoms with van der Waals surface area (Å²) in [5, 5.41) is 12.3. The summed E-state index contributed by atoms with van der Waals surface area (Å²) in [6, 6.07) is 1.93. The first-order valence-corrected chi connectivity index (χ1v) is 7.87. The van der Waals surface area contributed by atoms with Gasteiger partial charge in [0.25, 0.3) is 0 Å². The fourth-order valence-electron chi connectivity index (χ4n) is 3.21. The monoisotopic (exact) mass is 325 g/mol. The maximum Gasteiger partial charge on any atom is 0.223 e. The van der Waals surface area contributed by atoms with Crippen LogP contribution in [0.3, 0.4) is 0 Å². The van der Waals surface area contributed by atoms with Crippen LogP contribution >= 0.6 is 0 Å². The smallest absolute Gasteiger partial charge is 0.223 e. The van der Waals surface area contributed by atoms with Gasteiger partial charge in [0, 0.05) is 57.3 Å². The van der Waals surface area contributed by atoms with E-state index in [2.05, 4.69) is 20.3 Å². The zero-order valence-electron chi connectivity index (χ0n) is 13.7. The van der Waals surface area contributed by atoms with Crippen LogP contribution in [0, 0.1) is 17.2 Å². The highest BCUT2D eigenvalue weighted by atomic mass is 16.2. The van der Waals surface area contributed by atoms with Gasteiger partial charge in [-0.15, -0.1) is 0 Å². The van der Waals surface area contributed by atoms with Crippen molar-refractivity contribution in [2.75, 3.05) is 18.4 Å². The van der Waals surface area contributed by atoms with Crippen LogP contribution in [0.25, 0.3) is 0 Å². The fraction of sp³-hybridized carbons (Fsp3) is 0.438. The summed E-state index contributed by atoms with van der Waals surface area (Å²) in [4.78, 5) is 26.8. The molecule has 0 bridgehead atoms. The Hall–Kier alpha value is -2.95. The molecule has 124 valence electrons. The predicted octanol–water partition coefficient (Wildman–Crippen LogP) is 1.10. The lowest BCUT2D eigenvalue weighted by atomic mass is 9.99. The standard InChI is InChI=1S/C16H19N7O/c1-3-23-13(24)8-11(14(23)16-20-6-7-22(16)2)10-21-15-12(9-17)18-4-5-19-15/h4-7,11,14H,3,8,10H2,1-2H3,(H,19,21)/t11-,14+/m0/s1. The molecule has 0 saturated carbocycles. The highest BCUT2D eigenvalue weighted by Crippen LogP contribution is 2.37. The van der Waals surface area contributed by atoms with E-state index in [1.807, 2.05) is 35.7 Å². The largest absolute Gasteiger partial charge is 0.367 e. The number of nitrogens with one attached hydrogen (secondary N) is 1. The Balaban J connectivity index is 1.82. The summed E-state index contributed by atoms with van der Waals surface area (Å²) >= 11 is 0. The minimum Gasteiger partial charge on any atom is -0.367 e. The minimum atomic E-state index is -0.0859. The van der Waals surface area contributed by atoms with Crippen molar-refractivity contribution >= 4 is 11.7 Å². The molecule has 2 aromatic heterocycles. The number of amides is 1. The first-order chi connectivity index (χ1) is 11.7. The van der Waals surface area contributed by atoms with Crippen molar-refractivity contribution in [3.05, 3.63) is 36.3 Å². The van der Waals surface area contributed by atoms with Gasteiger partial charge in [-0.3, -0.25) is 4.79 Å². The second kappa shape index (κ2) is 6.66. The van der Waals surface area contributed by atoms with Gasteiger partial charge in [0.1, 0.15) is 11.9 Å². The molecule has 0 aromatic carbocycles. The molecule has 1 fully saturated rings. The summed E-state index contributed by atoms with van der Waals surface area (Å²) in [5.74, 6) is 1.49. The quantitative estimate of drug-likeness (QED) is 0.884. The van der Waals surface area contributed by atoms with Crippen molar-refractivity contribution in [1.29, 1.82) is 5.26 Å². The normalized spacial score (nSPS) is 20.2. The number of aromatic nitrogens is 4. The number of nitriles is 1. The van der Waals surface area contributed by atoms with Gasteiger partial charge in [-0.2, -0.15) is 5.26 Å². The molecule has 8 nitrogen and oxygen atoms in total. The second-order valence-electron chi connectivity index (χ2n) is 5.73. The molecular weight excluding hydrogens is 306 g/mol. The van der Waals surface area contributed by atoms with Crippen LogP contribution in [-0.2, 0) is 11.8 Å². The van der Waals surface area contributed by atoms with Gasteiger partial charge < -0.3 is 14.8 Å². The molecule has 0 spiro atoms. The molecule has 1 saturated heterocycles. The Morgan fingerprint density at radius 3 is 2.79 bits per heavy atom. The van der Waals surface area contributed by atoms with Gasteiger partial charge >= 0.3 is 0 Å². The van der Waals surface area contributed by atoms with E-state index >= 15 is 0 Å². The third-order valence-corrected chi connectivity index (χ3v) is 4.34. The number of carbonyl (C=O) groups is 1. The van der Waals surface area contributed by atoms with Gasteiger partial charge in [0.2, 0.25) is 5.91 Å². The maximum atomic E-state index is 12.3. The van der Waals surface area contributed by atoms with Crippen LogP contribution < -0.4 is 5.32 Å². The average Bonchev–Trinajstić information content (AvgIpc) is 3.15. The van der Waals surface area contributed by atoms with E-state index in [-0.39, 0.29) is 23.6 Å². The number of aryl methyl sites for hydroxylation is 1. The number of anilines is 1. The molecule has 2 atom stereocenters. The van der Waals surface area contributed by atoms with Crippen LogP contribution in [0.1, 0.15) is 30.9 Å². The van der Waals surface area contributed by atoms with Crippen molar-refractivity contribution in [3.63, 3.8) is 0 Å². The van der Waals surface area contributed by atoms with Gasteiger partial charge in [-0.05, 0) is 6.92 Å². The van der Waals surface area contributed by atoms with Crippen LogP contribution in [-0.4, -0.2) is 43.4 Å². The molecule has 3 rings (SSSR count). The van der Waals surface area contributed by atoms with E-state index in [4.69, 9.17) is 5.26 Å². The Labute approximate surface area is 140 Å². The predicted molar refractivity (Wildman–Crippen MR) is 86.7 cm³/mol. The van der Waals surface area contributed by atoms with E-state index in [1.54, 1.807) is 6.20 Å². The van der Waals surface area contributed by atoms with Crippen molar-refractivity contribution in [1.82, 2.24) is 24.4 Å². The molecule has 0 unspecified atom stereocenters. The SMILES string of the molecule is CCN1C(=O)C[C@@H](CNc2nccnc2C#N)[C@@H]1c1nccn1C. The van der Waals surface area contributed by atoms with Crippen LogP contribution in [0.5, 0.6) is 0 Å². The summed E-state index contributed by atoms with van der Waals surface area (Å²) < 4.78 is 1.95. The van der Waals surface area contributed by atoms with E-state index in [0.29, 0.717) is 25.3 Å². The van der Waals surface area contributed by atoms with Crippen LogP contribution in [0.15, 0.2) is 24.8 Å². The first-order valence-electron chi connectivity index (χ1n) is 7.87. The summed E-state index contributed by atoms with van der Waals surface area (Å²) in [7, 11) is 1.93. The molecule has 2 aromatic rings. The highest BCUT2D eigenvalue weighted by Gasteiger charge is 2.41. The molecule has 0 radical (unpaired) electrons. The highest BCUT2D eigenvalue weighted by molar-refractivity contribution is 5.79. The summed E-state index contributed by atoms with van der Waals surface area (Å²) in [6.45, 7) is 3.13. The second-order valence-corrected chi connectivity index (χ2v) is 5.73. The Morgan fingerprint density at radius 2 is 2.12 bits per heavy atom. The topological polar surface area (TPSA) is 99.7 Å². The van der Waals surface area contributed by atoms with Crippen LogP contribution in [0.2, 0.25) is 0 Å². The zero-order chi connectivity index (χ0) is 17.1. The molecule has 1 amide bonds. The number of nitrogens with zero attached hydrogens (tertiary/aromatic N) is 6. The minimum absolute atomic E-state index is 0.0482. The molecule has 0 aliphatic carbocycles. The lowest BCUT2D eigenvalue weighted by molar-refractivity contribution is -0.128. The van der Waals surface area contributed by atoms with Gasteiger partial charge in [-0.1, -0.05) is 0 Å². The van der Waals surface area contributed by atoms with Crippen LogP contribution in [0.4, 0.5) is 5.82 Å². The maximum absolute atomic E-state index is 12.3. The van der Waals surface area contributed by atoms with Crippen molar-refractivity contribution < 1.29 is 4.79 Å². The van der Waals surface area contributed by atoms with Gasteiger partial charge in [0.15, 0.2) is 11.5 Å². The number of carbonyl (C=O) groups excluding carboxylic acids is 1. The van der Waals surface area contributed by atoms with E-state index < -0.39 is 0 Å². The third kappa shape index (κ3) is 2.80. The molecular formula is C16H19N7O. The third-order valence-electron chi connectivity index (χ3n) is 4.34. The summed E-state index contributed by atoms with van der Waals surface area (Å²) in [5.41, 5.74) is 0.253. The molecule has 1 N–H and O–H groups in total. The van der Waals surface area contributed by atoms with Crippen molar-refractivity contribution in [2.24, 2.45) is 13.0 Å². The zero-order valence-corrected chi connectivity index (χ0v) is 13.7. The number of likely N-dealkylation sites (tertiary alicyclic amines) is 1. The molecule has 3 heterocycles. The van der Waals surface area contributed by atoms with Crippen molar-refractivity contribution in [2.45, 2.75) is 19.4 Å². The van der Waals surface area contributed by atoms with Gasteiger partial charge in [-0.25, -0.2) is 15.0 Å². The summed E-state index contributed by atoms with van der Waals surface area (Å²) in [6.07, 6.45) is 7.09. The number of hydrogen-bond acceptors (Lipinski definition) is 6. The number of hydrogen-bond donors (Lipinski definition) is 1. The average molecular weight is 325 g/mol. The lowest BCUT2D eigenvalue weighted by Gasteiger charge is -2.27. The number of rotatable bonds is 5. The first kappa shape index (κ1) is 15.9. The molecule has 1 aliphatic heterocycles. The fourth-order valence-corrected chi connectivity index (χ4v) is 3.21. The van der Waals surface area contributed by atoms with Crippen molar-refractivity contribution in [3.8, 4) is 6.07 Å². The van der Waals surface area contributed by atoms with E-state index in [9.17, 15) is 4.79 Å². The molecule has 8 heteroatoms. The lowest BCUT2D eigenvalue weighted by Crippen LogP contribution is -2.32. The number of imidazole rings is 1. The Bertz CT molecular complexity index is 779. The van der Waals surface area contributed by atoms with E-state index in [0.717, 1.165) is 5.82 Å². The van der Waals surface area contributed by atoms with E-state index in [1.165, 1.54) is 12.4 Å². The Kier molecular flexibility index (Phi) is 4.42. The van der Waals surface area contributed by atoms with Gasteiger partial charge in [0.05, 0.1) is 6.04 Å². The Morgan fingerprint density at radius 1 is 1.33 bits per heavy atom. The molecule has 24 heavy (non-hydrogen) atoms.